The van der Waals surface area contributed by atoms with Crippen molar-refractivity contribution >= 4 is 23.6 Å². The zero-order valence-electron chi connectivity index (χ0n) is 24.9. The molecule has 0 aliphatic heterocycles. The van der Waals surface area contributed by atoms with Gasteiger partial charge in [-0.25, -0.2) is 4.79 Å². The van der Waals surface area contributed by atoms with Crippen LogP contribution in [0.25, 0.3) is 11.1 Å². The number of hydrogen-bond acceptors (Lipinski definition) is 4. The summed E-state index contributed by atoms with van der Waals surface area (Å²) in [5.74, 6) is -0.689. The van der Waals surface area contributed by atoms with Gasteiger partial charge in [0.05, 0.1) is 0 Å². The summed E-state index contributed by atoms with van der Waals surface area (Å²) in [6.45, 7) is 7.41. The molecule has 1 saturated carbocycles. The van der Waals surface area contributed by atoms with Gasteiger partial charge in [0.25, 0.3) is 5.91 Å². The first-order valence-electron chi connectivity index (χ1n) is 14.8. The Balaban J connectivity index is 1.70. The zero-order valence-corrected chi connectivity index (χ0v) is 25.7. The molecule has 4 rings (SSSR count). The number of carboxylic acid groups (broad SMARTS) is 1. The van der Waals surface area contributed by atoms with Crippen LogP contribution in [0.4, 0.5) is 0 Å². The first kappa shape index (κ1) is 30.9. The molecule has 1 atom stereocenters. The molecule has 0 saturated heterocycles. The minimum absolute atomic E-state index is 0.0976. The molecule has 0 radical (unpaired) electrons. The summed E-state index contributed by atoms with van der Waals surface area (Å²) in [5, 5.41) is 12.5. The lowest BCUT2D eigenvalue weighted by atomic mass is 9.85. The van der Waals surface area contributed by atoms with Gasteiger partial charge < -0.3 is 10.4 Å². The molecule has 1 aliphatic carbocycles. The van der Waals surface area contributed by atoms with E-state index in [1.165, 1.54) is 31.2 Å². The van der Waals surface area contributed by atoms with E-state index in [2.05, 4.69) is 79.5 Å². The quantitative estimate of drug-likeness (QED) is 0.224. The Morgan fingerprint density at radius 2 is 1.63 bits per heavy atom. The lowest BCUT2D eigenvalue weighted by Crippen LogP contribution is -2.51. The SMILES string of the molecule is CSCC[C@H](NC(=O)c1ccc(CN(C(C)C)C2(Cc3ccccc3)CCCC2)cc1-c1ccccc1C)C(=O)O. The van der Waals surface area contributed by atoms with Crippen LogP contribution in [0.2, 0.25) is 0 Å². The Morgan fingerprint density at radius 1 is 0.951 bits per heavy atom. The average molecular weight is 573 g/mol. The van der Waals surface area contributed by atoms with Crippen LogP contribution in [0, 0.1) is 6.92 Å². The van der Waals surface area contributed by atoms with Crippen LogP contribution in [0.3, 0.4) is 0 Å². The predicted molar refractivity (Wildman–Crippen MR) is 171 cm³/mol. The van der Waals surface area contributed by atoms with Gasteiger partial charge in [-0.1, -0.05) is 73.5 Å². The highest BCUT2D eigenvalue weighted by molar-refractivity contribution is 7.98. The second-order valence-corrected chi connectivity index (χ2v) is 12.6. The molecule has 0 spiro atoms. The average Bonchev–Trinajstić information content (AvgIpc) is 3.43. The minimum Gasteiger partial charge on any atom is -0.480 e. The summed E-state index contributed by atoms with van der Waals surface area (Å²) in [5.41, 5.74) is 6.06. The van der Waals surface area contributed by atoms with Gasteiger partial charge in [-0.2, -0.15) is 11.8 Å². The van der Waals surface area contributed by atoms with Crippen molar-refractivity contribution in [1.29, 1.82) is 0 Å². The first-order chi connectivity index (χ1) is 19.7. The summed E-state index contributed by atoms with van der Waals surface area (Å²) in [6.07, 6.45) is 8.19. The van der Waals surface area contributed by atoms with E-state index in [1.807, 2.05) is 30.5 Å². The van der Waals surface area contributed by atoms with Gasteiger partial charge in [0, 0.05) is 23.7 Å². The maximum absolute atomic E-state index is 13.5. The second kappa shape index (κ2) is 14.2. The summed E-state index contributed by atoms with van der Waals surface area (Å²) in [4.78, 5) is 28.1. The van der Waals surface area contributed by atoms with Crippen LogP contribution in [-0.4, -0.2) is 51.5 Å². The lowest BCUT2D eigenvalue weighted by molar-refractivity contribution is -0.139. The Labute approximate surface area is 249 Å². The molecule has 0 heterocycles. The van der Waals surface area contributed by atoms with Gasteiger partial charge >= 0.3 is 5.97 Å². The number of nitrogens with one attached hydrogen (secondary N) is 1. The number of nitrogens with zero attached hydrogens (tertiary/aromatic N) is 1. The van der Waals surface area contributed by atoms with E-state index in [1.54, 1.807) is 11.8 Å². The summed E-state index contributed by atoms with van der Waals surface area (Å²) in [6, 6.07) is 24.4. The maximum Gasteiger partial charge on any atom is 0.326 e. The van der Waals surface area contributed by atoms with E-state index < -0.39 is 12.0 Å². The highest BCUT2D eigenvalue weighted by Gasteiger charge is 2.40. The number of rotatable bonds is 13. The highest BCUT2D eigenvalue weighted by atomic mass is 32.2. The zero-order chi connectivity index (χ0) is 29.4. The third-order valence-electron chi connectivity index (χ3n) is 8.47. The monoisotopic (exact) mass is 572 g/mol. The van der Waals surface area contributed by atoms with Crippen LogP contribution in [0.15, 0.2) is 72.8 Å². The van der Waals surface area contributed by atoms with Crippen LogP contribution < -0.4 is 5.32 Å². The molecule has 0 aromatic heterocycles. The fraction of sp³-hybridized carbons (Fsp3) is 0.429. The van der Waals surface area contributed by atoms with E-state index in [4.69, 9.17) is 0 Å². The van der Waals surface area contributed by atoms with Crippen LogP contribution in [-0.2, 0) is 17.8 Å². The molecular weight excluding hydrogens is 528 g/mol. The number of carbonyl (C=O) groups is 2. The summed E-state index contributed by atoms with van der Waals surface area (Å²) < 4.78 is 0. The third-order valence-corrected chi connectivity index (χ3v) is 9.12. The van der Waals surface area contributed by atoms with Crippen molar-refractivity contribution < 1.29 is 14.7 Å². The van der Waals surface area contributed by atoms with E-state index in [-0.39, 0.29) is 11.4 Å². The Morgan fingerprint density at radius 3 is 2.27 bits per heavy atom. The summed E-state index contributed by atoms with van der Waals surface area (Å²) >= 11 is 1.57. The highest BCUT2D eigenvalue weighted by Crippen LogP contribution is 2.41. The fourth-order valence-corrected chi connectivity index (χ4v) is 6.86. The van der Waals surface area contributed by atoms with Crippen LogP contribution in [0.5, 0.6) is 0 Å². The standard InChI is InChI=1S/C35H44N2O3S/c1-25(2)37(35(19-10-11-20-35)23-27-13-6-5-7-14-27)24-28-16-17-30(31(22-28)29-15-9-8-12-26(29)3)33(38)36-32(34(39)40)18-21-41-4/h5-9,12-17,22,25,32H,10-11,18-21,23-24H2,1-4H3,(H,36,38)(H,39,40)/t32-/m0/s1. The number of hydrogen-bond donors (Lipinski definition) is 2. The lowest BCUT2D eigenvalue weighted by Gasteiger charge is -2.45. The van der Waals surface area contributed by atoms with E-state index >= 15 is 0 Å². The number of carbonyl (C=O) groups excluding carboxylic acids is 1. The normalized spacial score (nSPS) is 15.3. The van der Waals surface area contributed by atoms with Crippen molar-refractivity contribution in [1.82, 2.24) is 10.2 Å². The minimum atomic E-state index is -1.01. The van der Waals surface area contributed by atoms with Gasteiger partial charge in [-0.15, -0.1) is 0 Å². The Kier molecular flexibility index (Phi) is 10.7. The van der Waals surface area contributed by atoms with Gasteiger partial charge in [0.1, 0.15) is 6.04 Å². The molecule has 3 aromatic carbocycles. The molecular formula is C35H44N2O3S. The smallest absolute Gasteiger partial charge is 0.326 e. The number of amides is 1. The van der Waals surface area contributed by atoms with Crippen molar-refractivity contribution in [3.8, 4) is 11.1 Å². The van der Waals surface area contributed by atoms with Gasteiger partial charge in [0.2, 0.25) is 0 Å². The molecule has 0 unspecified atom stereocenters. The van der Waals surface area contributed by atoms with Gasteiger partial charge in [0.15, 0.2) is 0 Å². The number of carboxylic acids is 1. The predicted octanol–water partition coefficient (Wildman–Crippen LogP) is 7.36. The largest absolute Gasteiger partial charge is 0.480 e. The van der Waals surface area contributed by atoms with Crippen LogP contribution >= 0.6 is 11.8 Å². The first-order valence-corrected chi connectivity index (χ1v) is 16.2. The molecule has 0 bridgehead atoms. The number of thioether (sulfide) groups is 1. The Hall–Kier alpha value is -3.09. The second-order valence-electron chi connectivity index (χ2n) is 11.7. The molecule has 5 nitrogen and oxygen atoms in total. The van der Waals surface area contributed by atoms with Crippen molar-refractivity contribution in [3.05, 3.63) is 95.1 Å². The van der Waals surface area contributed by atoms with Crippen LogP contribution in [0.1, 0.15) is 73.0 Å². The molecule has 1 aliphatic rings. The Bertz CT molecular complexity index is 1320. The fourth-order valence-electron chi connectivity index (χ4n) is 6.38. The number of benzene rings is 3. The molecule has 6 heteroatoms. The molecule has 41 heavy (non-hydrogen) atoms. The van der Waals surface area contributed by atoms with Crippen molar-refractivity contribution in [2.24, 2.45) is 0 Å². The van der Waals surface area contributed by atoms with Gasteiger partial charge in [-0.3, -0.25) is 9.69 Å². The molecule has 2 N–H and O–H groups in total. The van der Waals surface area contributed by atoms with E-state index in [0.717, 1.165) is 35.2 Å². The molecule has 3 aromatic rings. The topological polar surface area (TPSA) is 69.6 Å². The van der Waals surface area contributed by atoms with Gasteiger partial charge in [-0.05, 0) is 98.4 Å². The van der Waals surface area contributed by atoms with Crippen molar-refractivity contribution in [2.75, 3.05) is 12.0 Å². The molecule has 218 valence electrons. The summed E-state index contributed by atoms with van der Waals surface area (Å²) in [7, 11) is 0. The number of aliphatic carboxylic acids is 1. The number of aryl methyl sites for hydroxylation is 1. The molecule has 1 fully saturated rings. The van der Waals surface area contributed by atoms with Crippen molar-refractivity contribution in [3.63, 3.8) is 0 Å². The van der Waals surface area contributed by atoms with Crippen molar-refractivity contribution in [2.45, 2.75) is 83.5 Å². The van der Waals surface area contributed by atoms with E-state index in [0.29, 0.717) is 23.8 Å². The maximum atomic E-state index is 13.5. The third kappa shape index (κ3) is 7.60. The van der Waals surface area contributed by atoms with E-state index in [9.17, 15) is 14.7 Å². The molecule has 1 amide bonds.